The number of hydrogen-bond donors (Lipinski definition) is 1. The Hall–Kier alpha value is -2.14. The minimum absolute atomic E-state index is 0.0517. The molecule has 0 aliphatic rings. The fourth-order valence-corrected chi connectivity index (χ4v) is 2.62. The number of aryl methyl sites for hydroxylation is 2. The smallest absolute Gasteiger partial charge is 0.214 e. The van der Waals surface area contributed by atoms with Crippen LogP contribution in [0.5, 0.6) is 5.88 Å². The largest absolute Gasteiger partial charge is 0.470 e. The van der Waals surface area contributed by atoms with Gasteiger partial charge in [-0.05, 0) is 57.1 Å². The number of thiocarbonyl (C=S) groups is 1. The van der Waals surface area contributed by atoms with E-state index in [4.69, 9.17) is 17.0 Å². The lowest BCUT2D eigenvalue weighted by molar-refractivity contribution is 0.216. The Balaban J connectivity index is 2.09. The second-order valence-corrected chi connectivity index (χ2v) is 6.23. The maximum absolute atomic E-state index is 6.01. The van der Waals surface area contributed by atoms with Crippen LogP contribution in [0.1, 0.15) is 36.8 Å². The molecule has 0 saturated carbocycles. The summed E-state index contributed by atoms with van der Waals surface area (Å²) in [4.78, 5) is 6.52. The standard InChI is InChI=1S/C19H25N3OS/c1-6-22(5)19(24)21-17-11-12-18(20-14(17)3)23-15(4)16-10-8-7-9-13(16)2/h7-12,15H,6H2,1-5H3,(H,21,24). The highest BCUT2D eigenvalue weighted by atomic mass is 32.1. The summed E-state index contributed by atoms with van der Waals surface area (Å²) in [5.41, 5.74) is 4.14. The Morgan fingerprint density at radius 1 is 1.25 bits per heavy atom. The third-order valence-corrected chi connectivity index (χ3v) is 4.46. The first-order valence-electron chi connectivity index (χ1n) is 8.14. The topological polar surface area (TPSA) is 37.4 Å². The van der Waals surface area contributed by atoms with Crippen LogP contribution in [0.15, 0.2) is 36.4 Å². The second kappa shape index (κ2) is 8.11. The lowest BCUT2D eigenvalue weighted by atomic mass is 10.0. The summed E-state index contributed by atoms with van der Waals surface area (Å²) in [6.45, 7) is 8.99. The van der Waals surface area contributed by atoms with Crippen LogP contribution < -0.4 is 10.1 Å². The van der Waals surface area contributed by atoms with E-state index >= 15 is 0 Å². The molecular weight excluding hydrogens is 318 g/mol. The van der Waals surface area contributed by atoms with E-state index in [1.54, 1.807) is 0 Å². The van der Waals surface area contributed by atoms with Crippen molar-refractivity contribution in [3.05, 3.63) is 53.2 Å². The Kier molecular flexibility index (Phi) is 6.15. The van der Waals surface area contributed by atoms with E-state index in [2.05, 4.69) is 36.3 Å². The van der Waals surface area contributed by atoms with Gasteiger partial charge in [0.1, 0.15) is 6.10 Å². The molecule has 5 heteroatoms. The number of rotatable bonds is 5. The minimum Gasteiger partial charge on any atom is -0.470 e. The molecule has 0 aliphatic heterocycles. The zero-order chi connectivity index (χ0) is 17.7. The van der Waals surface area contributed by atoms with Crippen molar-refractivity contribution in [1.29, 1.82) is 0 Å². The van der Waals surface area contributed by atoms with Gasteiger partial charge >= 0.3 is 0 Å². The number of benzene rings is 1. The van der Waals surface area contributed by atoms with E-state index in [0.717, 1.165) is 17.9 Å². The van der Waals surface area contributed by atoms with Crippen LogP contribution in [0.4, 0.5) is 5.69 Å². The molecule has 1 aromatic heterocycles. The van der Waals surface area contributed by atoms with Gasteiger partial charge in [-0.25, -0.2) is 4.98 Å². The maximum Gasteiger partial charge on any atom is 0.214 e. The first-order valence-corrected chi connectivity index (χ1v) is 8.55. The molecule has 24 heavy (non-hydrogen) atoms. The first-order chi connectivity index (χ1) is 11.4. The molecule has 128 valence electrons. The molecule has 1 aromatic carbocycles. The van der Waals surface area contributed by atoms with E-state index in [1.165, 1.54) is 11.1 Å². The summed E-state index contributed by atoms with van der Waals surface area (Å²) >= 11 is 5.35. The predicted octanol–water partition coefficient (Wildman–Crippen LogP) is 4.49. The highest BCUT2D eigenvalue weighted by Crippen LogP contribution is 2.24. The molecule has 1 atom stereocenters. The van der Waals surface area contributed by atoms with E-state index < -0.39 is 0 Å². The van der Waals surface area contributed by atoms with Crippen molar-refractivity contribution >= 4 is 23.0 Å². The average Bonchev–Trinajstić information content (AvgIpc) is 2.56. The summed E-state index contributed by atoms with van der Waals surface area (Å²) in [5.74, 6) is 0.614. The number of hydrogen-bond acceptors (Lipinski definition) is 3. The third kappa shape index (κ3) is 4.45. The molecule has 0 aliphatic carbocycles. The van der Waals surface area contributed by atoms with Crippen LogP contribution in [-0.4, -0.2) is 28.6 Å². The Morgan fingerprint density at radius 3 is 2.58 bits per heavy atom. The van der Waals surface area contributed by atoms with Crippen LogP contribution in [-0.2, 0) is 0 Å². The monoisotopic (exact) mass is 343 g/mol. The highest BCUT2D eigenvalue weighted by Gasteiger charge is 2.12. The fourth-order valence-electron chi connectivity index (χ4n) is 2.38. The molecule has 4 nitrogen and oxygen atoms in total. The van der Waals surface area contributed by atoms with Gasteiger partial charge in [0.05, 0.1) is 11.4 Å². The number of nitrogens with one attached hydrogen (secondary N) is 1. The zero-order valence-electron chi connectivity index (χ0n) is 15.0. The molecule has 0 radical (unpaired) electrons. The normalized spacial score (nSPS) is 11.7. The number of anilines is 1. The Labute approximate surface area is 149 Å². The highest BCUT2D eigenvalue weighted by molar-refractivity contribution is 7.80. The van der Waals surface area contributed by atoms with Gasteiger partial charge in [-0.15, -0.1) is 0 Å². The van der Waals surface area contributed by atoms with E-state index in [0.29, 0.717) is 11.0 Å². The van der Waals surface area contributed by atoms with Crippen LogP contribution >= 0.6 is 12.2 Å². The van der Waals surface area contributed by atoms with E-state index in [1.807, 2.05) is 50.1 Å². The van der Waals surface area contributed by atoms with Crippen LogP contribution in [0.2, 0.25) is 0 Å². The lowest BCUT2D eigenvalue weighted by Crippen LogP contribution is -2.31. The fraction of sp³-hybridized carbons (Fsp3) is 0.368. The molecule has 1 heterocycles. The second-order valence-electron chi connectivity index (χ2n) is 5.84. The van der Waals surface area contributed by atoms with Gasteiger partial charge in [-0.3, -0.25) is 0 Å². The molecule has 0 fully saturated rings. The molecule has 0 bridgehead atoms. The van der Waals surface area contributed by atoms with Crippen molar-refractivity contribution in [3.8, 4) is 5.88 Å². The van der Waals surface area contributed by atoms with Crippen LogP contribution in [0.3, 0.4) is 0 Å². The van der Waals surface area contributed by atoms with Gasteiger partial charge in [0.2, 0.25) is 5.88 Å². The van der Waals surface area contributed by atoms with Gasteiger partial charge < -0.3 is 15.0 Å². The molecule has 0 spiro atoms. The lowest BCUT2D eigenvalue weighted by Gasteiger charge is -2.20. The summed E-state index contributed by atoms with van der Waals surface area (Å²) in [7, 11) is 1.96. The maximum atomic E-state index is 6.01. The summed E-state index contributed by atoms with van der Waals surface area (Å²) in [6, 6.07) is 12.1. The number of ether oxygens (including phenoxy) is 1. The Bertz CT molecular complexity index is 718. The summed E-state index contributed by atoms with van der Waals surface area (Å²) < 4.78 is 6.01. The molecule has 0 amide bonds. The minimum atomic E-state index is -0.0517. The predicted molar refractivity (Wildman–Crippen MR) is 104 cm³/mol. The molecule has 1 unspecified atom stereocenters. The SMILES string of the molecule is CCN(C)C(=S)Nc1ccc(OC(C)c2ccccc2C)nc1C. The molecule has 1 N–H and O–H groups in total. The summed E-state index contributed by atoms with van der Waals surface area (Å²) in [5, 5.41) is 3.91. The van der Waals surface area contributed by atoms with Crippen LogP contribution in [0.25, 0.3) is 0 Å². The molecule has 0 saturated heterocycles. The van der Waals surface area contributed by atoms with Crippen molar-refractivity contribution in [2.75, 3.05) is 18.9 Å². The van der Waals surface area contributed by atoms with Gasteiger partial charge in [0.25, 0.3) is 0 Å². The molecule has 2 rings (SSSR count). The third-order valence-electron chi connectivity index (χ3n) is 4.05. The van der Waals surface area contributed by atoms with Gasteiger partial charge in [0.15, 0.2) is 5.11 Å². The van der Waals surface area contributed by atoms with Crippen molar-refractivity contribution in [2.45, 2.75) is 33.8 Å². The first kappa shape index (κ1) is 18.2. The van der Waals surface area contributed by atoms with E-state index in [9.17, 15) is 0 Å². The van der Waals surface area contributed by atoms with Gasteiger partial charge in [0, 0.05) is 19.7 Å². The molecular formula is C19H25N3OS. The van der Waals surface area contributed by atoms with Crippen molar-refractivity contribution < 1.29 is 4.74 Å². The van der Waals surface area contributed by atoms with E-state index in [-0.39, 0.29) is 6.10 Å². The van der Waals surface area contributed by atoms with Crippen LogP contribution in [0, 0.1) is 13.8 Å². The quantitative estimate of drug-likeness (QED) is 0.810. The molecule has 2 aromatic rings. The average molecular weight is 343 g/mol. The number of pyridine rings is 1. The number of aromatic nitrogens is 1. The number of nitrogens with zero attached hydrogens (tertiary/aromatic N) is 2. The van der Waals surface area contributed by atoms with Crippen molar-refractivity contribution in [2.24, 2.45) is 0 Å². The van der Waals surface area contributed by atoms with Gasteiger partial charge in [-0.2, -0.15) is 0 Å². The Morgan fingerprint density at radius 2 is 1.96 bits per heavy atom. The van der Waals surface area contributed by atoms with Crippen molar-refractivity contribution in [3.63, 3.8) is 0 Å². The van der Waals surface area contributed by atoms with Gasteiger partial charge in [-0.1, -0.05) is 24.3 Å². The summed E-state index contributed by atoms with van der Waals surface area (Å²) in [6.07, 6.45) is -0.0517. The zero-order valence-corrected chi connectivity index (χ0v) is 15.8. The van der Waals surface area contributed by atoms with Crippen molar-refractivity contribution in [1.82, 2.24) is 9.88 Å².